The largest absolute Gasteiger partial charge is 0.337 e. The highest BCUT2D eigenvalue weighted by atomic mass is 35.5. The molecule has 7 nitrogen and oxygen atoms in total. The Morgan fingerprint density at radius 2 is 1.75 bits per heavy atom. The average Bonchev–Trinajstić information content (AvgIpc) is 2.96. The number of amides is 2. The van der Waals surface area contributed by atoms with Gasteiger partial charge < -0.3 is 15.1 Å². The number of hydrogen-bond acceptors (Lipinski definition) is 4. The molecule has 2 aromatic rings. The third kappa shape index (κ3) is 3.88. The Hall–Kier alpha value is -2.45. The van der Waals surface area contributed by atoms with Gasteiger partial charge in [-0.2, -0.15) is 5.10 Å². The maximum Gasteiger partial charge on any atom is 0.274 e. The molecule has 0 aliphatic carbocycles. The minimum Gasteiger partial charge on any atom is -0.337 e. The summed E-state index contributed by atoms with van der Waals surface area (Å²) in [5, 5.41) is 10.5. The van der Waals surface area contributed by atoms with Gasteiger partial charge >= 0.3 is 0 Å². The Balaban J connectivity index is 0.00000225. The summed E-state index contributed by atoms with van der Waals surface area (Å²) in [6.45, 7) is 3.35. The van der Waals surface area contributed by atoms with Crippen molar-refractivity contribution < 1.29 is 14.0 Å². The molecule has 0 bridgehead atoms. The van der Waals surface area contributed by atoms with E-state index in [1.807, 2.05) is 0 Å². The SMILES string of the molecule is Cl.O=C(c1ccccc1F)N1CCCN(C(=O)c2n[nH]c3c2CNCC3)CC1. The molecule has 0 radical (unpaired) electrons. The van der Waals surface area contributed by atoms with Gasteiger partial charge in [-0.1, -0.05) is 12.1 Å². The third-order valence-corrected chi connectivity index (χ3v) is 5.18. The summed E-state index contributed by atoms with van der Waals surface area (Å²) in [5.41, 5.74) is 2.49. The summed E-state index contributed by atoms with van der Waals surface area (Å²) < 4.78 is 13.9. The first-order valence-corrected chi connectivity index (χ1v) is 9.25. The molecule has 2 N–H and O–H groups in total. The zero-order valence-corrected chi connectivity index (χ0v) is 16.2. The molecule has 4 rings (SSSR count). The zero-order chi connectivity index (χ0) is 18.8. The fourth-order valence-corrected chi connectivity index (χ4v) is 3.68. The van der Waals surface area contributed by atoms with Crippen LogP contribution in [0, 0.1) is 5.82 Å². The van der Waals surface area contributed by atoms with E-state index in [1.165, 1.54) is 12.1 Å². The molecule has 0 spiro atoms. The number of carbonyl (C=O) groups excluding carboxylic acids is 2. The Bertz CT molecular complexity index is 872. The van der Waals surface area contributed by atoms with Gasteiger partial charge in [0.25, 0.3) is 11.8 Å². The van der Waals surface area contributed by atoms with Crippen LogP contribution in [0.15, 0.2) is 24.3 Å². The van der Waals surface area contributed by atoms with Crippen molar-refractivity contribution in [2.45, 2.75) is 19.4 Å². The summed E-state index contributed by atoms with van der Waals surface area (Å²) in [7, 11) is 0. The molecule has 2 amide bonds. The number of nitrogens with zero attached hydrogens (tertiary/aromatic N) is 3. The Morgan fingerprint density at radius 3 is 2.50 bits per heavy atom. The predicted molar refractivity (Wildman–Crippen MR) is 104 cm³/mol. The number of fused-ring (bicyclic) bond motifs is 1. The van der Waals surface area contributed by atoms with E-state index >= 15 is 0 Å². The summed E-state index contributed by atoms with van der Waals surface area (Å²) in [6.07, 6.45) is 1.48. The van der Waals surface area contributed by atoms with Crippen molar-refractivity contribution in [3.63, 3.8) is 0 Å². The van der Waals surface area contributed by atoms with Crippen LogP contribution >= 0.6 is 12.4 Å². The van der Waals surface area contributed by atoms with Gasteiger partial charge in [-0.05, 0) is 18.6 Å². The van der Waals surface area contributed by atoms with E-state index in [4.69, 9.17) is 0 Å². The van der Waals surface area contributed by atoms with Crippen LogP contribution in [-0.2, 0) is 13.0 Å². The zero-order valence-electron chi connectivity index (χ0n) is 15.4. The van der Waals surface area contributed by atoms with Gasteiger partial charge in [0, 0.05) is 56.9 Å². The number of halogens is 2. The summed E-state index contributed by atoms with van der Waals surface area (Å²) in [6, 6.07) is 6.00. The standard InChI is InChI=1S/C19H22FN5O2.ClH/c20-15-5-2-1-4-13(15)18(26)24-8-3-9-25(11-10-24)19(27)17-14-12-21-7-6-16(14)22-23-17;/h1-2,4-5,21H,3,6-12H2,(H,22,23);1H. The van der Waals surface area contributed by atoms with Crippen LogP contribution < -0.4 is 5.32 Å². The molecule has 1 saturated heterocycles. The van der Waals surface area contributed by atoms with Gasteiger partial charge in [0.2, 0.25) is 0 Å². The highest BCUT2D eigenvalue weighted by Crippen LogP contribution is 2.19. The van der Waals surface area contributed by atoms with Gasteiger partial charge in [0.15, 0.2) is 5.69 Å². The number of hydrogen-bond donors (Lipinski definition) is 2. The topological polar surface area (TPSA) is 81.3 Å². The first kappa shape index (κ1) is 20.3. The predicted octanol–water partition coefficient (Wildman–Crippen LogP) is 1.60. The highest BCUT2D eigenvalue weighted by molar-refractivity contribution is 5.95. The van der Waals surface area contributed by atoms with Crippen molar-refractivity contribution in [3.05, 3.63) is 52.6 Å². The molecule has 0 atom stereocenters. The second kappa shape index (κ2) is 8.70. The van der Waals surface area contributed by atoms with E-state index < -0.39 is 5.82 Å². The van der Waals surface area contributed by atoms with Crippen LogP contribution in [0.2, 0.25) is 0 Å². The second-order valence-corrected chi connectivity index (χ2v) is 6.87. The lowest BCUT2D eigenvalue weighted by Crippen LogP contribution is -2.38. The number of nitrogens with one attached hydrogen (secondary N) is 2. The minimum atomic E-state index is -0.518. The van der Waals surface area contributed by atoms with Crippen LogP contribution in [-0.4, -0.2) is 64.5 Å². The smallest absolute Gasteiger partial charge is 0.274 e. The second-order valence-electron chi connectivity index (χ2n) is 6.87. The molecular weight excluding hydrogens is 385 g/mol. The molecule has 1 aromatic heterocycles. The van der Waals surface area contributed by atoms with Gasteiger partial charge in [0.05, 0.1) is 5.56 Å². The normalized spacial score (nSPS) is 16.8. The van der Waals surface area contributed by atoms with E-state index in [-0.39, 0.29) is 29.8 Å². The summed E-state index contributed by atoms with van der Waals surface area (Å²) >= 11 is 0. The van der Waals surface area contributed by atoms with Crippen LogP contribution in [0.3, 0.4) is 0 Å². The van der Waals surface area contributed by atoms with Gasteiger partial charge in [-0.3, -0.25) is 14.7 Å². The third-order valence-electron chi connectivity index (χ3n) is 5.18. The van der Waals surface area contributed by atoms with E-state index in [0.29, 0.717) is 44.8 Å². The van der Waals surface area contributed by atoms with Crippen molar-refractivity contribution in [1.29, 1.82) is 0 Å². The first-order chi connectivity index (χ1) is 13.1. The number of rotatable bonds is 2. The molecule has 0 saturated carbocycles. The maximum absolute atomic E-state index is 13.9. The fraction of sp³-hybridized carbons (Fsp3) is 0.421. The highest BCUT2D eigenvalue weighted by Gasteiger charge is 2.28. The van der Waals surface area contributed by atoms with Crippen LogP contribution in [0.25, 0.3) is 0 Å². The number of benzene rings is 1. The lowest BCUT2D eigenvalue weighted by molar-refractivity contribution is 0.0712. The molecule has 1 fully saturated rings. The molecular formula is C19H23ClFN5O2. The first-order valence-electron chi connectivity index (χ1n) is 9.25. The van der Waals surface area contributed by atoms with Crippen molar-refractivity contribution in [2.75, 3.05) is 32.7 Å². The van der Waals surface area contributed by atoms with E-state index in [2.05, 4.69) is 15.5 Å². The fourth-order valence-electron chi connectivity index (χ4n) is 3.68. The van der Waals surface area contributed by atoms with Crippen molar-refractivity contribution in [1.82, 2.24) is 25.3 Å². The molecule has 3 heterocycles. The Labute approximate surface area is 168 Å². The van der Waals surface area contributed by atoms with E-state index in [9.17, 15) is 14.0 Å². The Morgan fingerprint density at radius 1 is 1.04 bits per heavy atom. The quantitative estimate of drug-likeness (QED) is 0.792. The van der Waals surface area contributed by atoms with Gasteiger partial charge in [0.1, 0.15) is 5.82 Å². The van der Waals surface area contributed by atoms with E-state index in [1.54, 1.807) is 21.9 Å². The summed E-state index contributed by atoms with van der Waals surface area (Å²) in [5.74, 6) is -0.963. The summed E-state index contributed by atoms with van der Waals surface area (Å²) in [4.78, 5) is 28.9. The van der Waals surface area contributed by atoms with Crippen LogP contribution in [0.4, 0.5) is 4.39 Å². The molecule has 2 aliphatic heterocycles. The van der Waals surface area contributed by atoms with Crippen molar-refractivity contribution in [2.24, 2.45) is 0 Å². The molecule has 1 aromatic carbocycles. The lowest BCUT2D eigenvalue weighted by Gasteiger charge is -2.22. The van der Waals surface area contributed by atoms with Crippen LogP contribution in [0.1, 0.15) is 38.5 Å². The number of carbonyl (C=O) groups is 2. The number of aromatic amines is 1. The molecule has 9 heteroatoms. The van der Waals surface area contributed by atoms with Crippen molar-refractivity contribution in [3.8, 4) is 0 Å². The molecule has 150 valence electrons. The van der Waals surface area contributed by atoms with Crippen molar-refractivity contribution >= 4 is 24.2 Å². The molecule has 0 unspecified atom stereocenters. The molecule has 2 aliphatic rings. The molecule has 28 heavy (non-hydrogen) atoms. The Kier molecular flexibility index (Phi) is 6.31. The van der Waals surface area contributed by atoms with Gasteiger partial charge in [-0.25, -0.2) is 4.39 Å². The number of H-pyrrole nitrogens is 1. The number of aromatic nitrogens is 2. The maximum atomic E-state index is 13.9. The van der Waals surface area contributed by atoms with Crippen LogP contribution in [0.5, 0.6) is 0 Å². The lowest BCUT2D eigenvalue weighted by atomic mass is 10.1. The van der Waals surface area contributed by atoms with Gasteiger partial charge in [-0.15, -0.1) is 12.4 Å². The minimum absolute atomic E-state index is 0. The average molecular weight is 408 g/mol. The monoisotopic (exact) mass is 407 g/mol. The van der Waals surface area contributed by atoms with E-state index in [0.717, 1.165) is 24.2 Å².